The van der Waals surface area contributed by atoms with Gasteiger partial charge in [0.1, 0.15) is 0 Å². The van der Waals surface area contributed by atoms with Crippen LogP contribution >= 0.6 is 0 Å². The number of hydrogen-bond donors (Lipinski definition) is 2. The van der Waals surface area contributed by atoms with Crippen molar-refractivity contribution >= 4 is 0 Å². The molecule has 2 nitrogen and oxygen atoms in total. The molecule has 2 N–H and O–H groups in total. The first-order chi connectivity index (χ1) is 11.4. The number of allylic oxidation sites excluding steroid dienone is 2. The first-order valence-electron chi connectivity index (χ1n) is 10.4. The van der Waals surface area contributed by atoms with E-state index in [1.54, 1.807) is 5.57 Å². The Morgan fingerprint density at radius 1 is 1.04 bits per heavy atom. The van der Waals surface area contributed by atoms with E-state index in [9.17, 15) is 10.2 Å². The maximum atomic E-state index is 10.6. The first kappa shape index (κ1) is 17.1. The summed E-state index contributed by atoms with van der Waals surface area (Å²) in [5.74, 6) is 2.84. The number of fused-ring (bicyclic) bond motifs is 5. The molecule has 0 heterocycles. The van der Waals surface area contributed by atoms with Gasteiger partial charge in [-0.3, -0.25) is 0 Å². The lowest BCUT2D eigenvalue weighted by Gasteiger charge is -2.62. The molecule has 0 spiro atoms. The van der Waals surface area contributed by atoms with E-state index in [0.717, 1.165) is 31.1 Å². The largest absolute Gasteiger partial charge is 0.396 e. The SMILES string of the molecule is C/C=C1/CC[C@H]2[C@@H]3CC[C@H]4C[C@](C)(O)CC[C@]4(CO)[C@H]3CC[C@]12C. The van der Waals surface area contributed by atoms with Gasteiger partial charge < -0.3 is 10.2 Å². The molecule has 7 atom stereocenters. The van der Waals surface area contributed by atoms with E-state index >= 15 is 0 Å². The zero-order valence-electron chi connectivity index (χ0n) is 15.9. The van der Waals surface area contributed by atoms with E-state index in [2.05, 4.69) is 19.9 Å². The highest BCUT2D eigenvalue weighted by molar-refractivity contribution is 5.24. The van der Waals surface area contributed by atoms with Gasteiger partial charge in [-0.25, -0.2) is 0 Å². The summed E-state index contributed by atoms with van der Waals surface area (Å²) in [4.78, 5) is 0. The standard InChI is InChI=1S/C22H36O2/c1-4-15-6-8-18-17-7-5-16-13-20(2,24)11-12-22(16,14-23)19(17)9-10-21(15,18)3/h4,16-19,23-24H,5-14H2,1-3H3/b15-4-/t16-,17-,18-,19-,20+,21+,22+/m0/s1. The Hall–Kier alpha value is -0.340. The summed E-state index contributed by atoms with van der Waals surface area (Å²) in [7, 11) is 0. The Morgan fingerprint density at radius 2 is 1.83 bits per heavy atom. The van der Waals surface area contributed by atoms with Crippen molar-refractivity contribution in [3.8, 4) is 0 Å². The van der Waals surface area contributed by atoms with Crippen molar-refractivity contribution in [2.24, 2.45) is 34.5 Å². The van der Waals surface area contributed by atoms with Gasteiger partial charge in [0.05, 0.1) is 5.60 Å². The Balaban J connectivity index is 1.66. The van der Waals surface area contributed by atoms with Crippen molar-refractivity contribution < 1.29 is 10.2 Å². The molecule has 0 aliphatic heterocycles. The lowest BCUT2D eigenvalue weighted by Crippen LogP contribution is -2.57. The van der Waals surface area contributed by atoms with E-state index in [1.165, 1.54) is 38.5 Å². The molecule has 0 bridgehead atoms. The molecule has 4 aliphatic carbocycles. The fraction of sp³-hybridized carbons (Fsp3) is 0.909. The van der Waals surface area contributed by atoms with Gasteiger partial charge in [-0.15, -0.1) is 0 Å². The van der Waals surface area contributed by atoms with E-state index in [-0.39, 0.29) is 5.41 Å². The van der Waals surface area contributed by atoms with Crippen LogP contribution in [0.1, 0.15) is 78.6 Å². The summed E-state index contributed by atoms with van der Waals surface area (Å²) in [5.41, 5.74) is 1.73. The summed E-state index contributed by atoms with van der Waals surface area (Å²) in [6, 6.07) is 0. The molecule has 0 aromatic carbocycles. The third-order valence-electron chi connectivity index (χ3n) is 9.14. The molecule has 2 heteroatoms. The van der Waals surface area contributed by atoms with Crippen molar-refractivity contribution in [1.82, 2.24) is 0 Å². The molecule has 0 amide bonds. The van der Waals surface area contributed by atoms with Crippen LogP contribution in [0.4, 0.5) is 0 Å². The van der Waals surface area contributed by atoms with Crippen LogP contribution in [-0.4, -0.2) is 22.4 Å². The van der Waals surface area contributed by atoms with Crippen LogP contribution in [0.3, 0.4) is 0 Å². The number of aliphatic hydroxyl groups is 2. The normalized spacial score (nSPS) is 55.8. The van der Waals surface area contributed by atoms with Crippen LogP contribution in [0.5, 0.6) is 0 Å². The number of hydrogen-bond acceptors (Lipinski definition) is 2. The van der Waals surface area contributed by atoms with Crippen molar-refractivity contribution in [3.05, 3.63) is 11.6 Å². The predicted octanol–water partition coefficient (Wildman–Crippen LogP) is 4.70. The highest BCUT2D eigenvalue weighted by atomic mass is 16.3. The molecule has 4 rings (SSSR count). The third-order valence-corrected chi connectivity index (χ3v) is 9.14. The van der Waals surface area contributed by atoms with E-state index in [4.69, 9.17) is 0 Å². The lowest BCUT2D eigenvalue weighted by molar-refractivity contribution is -0.164. The molecule has 0 radical (unpaired) electrons. The van der Waals surface area contributed by atoms with Gasteiger partial charge in [0.15, 0.2) is 0 Å². The maximum absolute atomic E-state index is 10.6. The van der Waals surface area contributed by atoms with Crippen LogP contribution in [0.25, 0.3) is 0 Å². The van der Waals surface area contributed by atoms with Crippen LogP contribution < -0.4 is 0 Å². The van der Waals surface area contributed by atoms with Gasteiger partial charge in [-0.2, -0.15) is 0 Å². The predicted molar refractivity (Wildman–Crippen MR) is 97.5 cm³/mol. The van der Waals surface area contributed by atoms with Gasteiger partial charge in [-0.05, 0) is 106 Å². The summed E-state index contributed by atoms with van der Waals surface area (Å²) in [6.07, 6.45) is 13.0. The molecule has 0 aromatic rings. The fourth-order valence-electron chi connectivity index (χ4n) is 7.86. The van der Waals surface area contributed by atoms with Crippen molar-refractivity contribution in [3.63, 3.8) is 0 Å². The molecule has 24 heavy (non-hydrogen) atoms. The lowest BCUT2D eigenvalue weighted by atomic mass is 9.44. The molecule has 4 saturated carbocycles. The second-order valence-electron chi connectivity index (χ2n) is 10.1. The van der Waals surface area contributed by atoms with Crippen LogP contribution in [-0.2, 0) is 0 Å². The Bertz CT molecular complexity index is 536. The summed E-state index contributed by atoms with van der Waals surface area (Å²) in [6.45, 7) is 7.10. The Kier molecular flexibility index (Phi) is 3.97. The molecular formula is C22H36O2. The second-order valence-corrected chi connectivity index (χ2v) is 10.1. The molecule has 0 unspecified atom stereocenters. The first-order valence-corrected chi connectivity index (χ1v) is 10.4. The van der Waals surface area contributed by atoms with Crippen LogP contribution in [0.15, 0.2) is 11.6 Å². The molecule has 136 valence electrons. The van der Waals surface area contributed by atoms with Gasteiger partial charge in [0, 0.05) is 6.61 Å². The molecule has 0 saturated heterocycles. The number of rotatable bonds is 1. The highest BCUT2D eigenvalue weighted by Gasteiger charge is 2.61. The number of aliphatic hydroxyl groups excluding tert-OH is 1. The molecule has 4 fully saturated rings. The highest BCUT2D eigenvalue weighted by Crippen LogP contribution is 2.67. The van der Waals surface area contributed by atoms with Crippen LogP contribution in [0, 0.1) is 34.5 Å². The monoisotopic (exact) mass is 332 g/mol. The Labute approximate surface area is 147 Å². The zero-order valence-corrected chi connectivity index (χ0v) is 15.9. The van der Waals surface area contributed by atoms with E-state index < -0.39 is 5.60 Å². The molecule has 0 aromatic heterocycles. The minimum Gasteiger partial charge on any atom is -0.396 e. The fourth-order valence-corrected chi connectivity index (χ4v) is 7.86. The quantitative estimate of drug-likeness (QED) is 0.683. The topological polar surface area (TPSA) is 40.5 Å². The smallest absolute Gasteiger partial charge is 0.0622 e. The van der Waals surface area contributed by atoms with Crippen molar-refractivity contribution in [1.29, 1.82) is 0 Å². The van der Waals surface area contributed by atoms with E-state index in [0.29, 0.717) is 23.9 Å². The van der Waals surface area contributed by atoms with Crippen molar-refractivity contribution in [2.75, 3.05) is 6.61 Å². The van der Waals surface area contributed by atoms with Crippen molar-refractivity contribution in [2.45, 2.75) is 84.2 Å². The molecular weight excluding hydrogens is 296 g/mol. The Morgan fingerprint density at radius 3 is 2.54 bits per heavy atom. The van der Waals surface area contributed by atoms with Gasteiger partial charge in [0.25, 0.3) is 0 Å². The molecule has 4 aliphatic rings. The van der Waals surface area contributed by atoms with Gasteiger partial charge >= 0.3 is 0 Å². The minimum absolute atomic E-state index is 0.102. The van der Waals surface area contributed by atoms with Crippen LogP contribution in [0.2, 0.25) is 0 Å². The minimum atomic E-state index is -0.509. The van der Waals surface area contributed by atoms with Gasteiger partial charge in [-0.1, -0.05) is 18.6 Å². The third kappa shape index (κ3) is 2.21. The van der Waals surface area contributed by atoms with E-state index in [1.807, 2.05) is 6.92 Å². The summed E-state index contributed by atoms with van der Waals surface area (Å²) in [5, 5.41) is 21.1. The summed E-state index contributed by atoms with van der Waals surface area (Å²) < 4.78 is 0. The van der Waals surface area contributed by atoms with Gasteiger partial charge in [0.2, 0.25) is 0 Å². The zero-order chi connectivity index (χ0) is 17.2. The average molecular weight is 333 g/mol. The second kappa shape index (κ2) is 5.58. The summed E-state index contributed by atoms with van der Waals surface area (Å²) >= 11 is 0. The maximum Gasteiger partial charge on any atom is 0.0622 e. The average Bonchev–Trinajstić information content (AvgIpc) is 2.90.